The Morgan fingerprint density at radius 2 is 1.92 bits per heavy atom. The van der Waals surface area contributed by atoms with E-state index >= 15 is 0 Å². The highest BCUT2D eigenvalue weighted by molar-refractivity contribution is 7.15. The Kier molecular flexibility index (Phi) is 4.37. The number of halogens is 1. The fraction of sp³-hybridized carbons (Fsp3) is 0.0526. The van der Waals surface area contributed by atoms with Crippen molar-refractivity contribution in [2.45, 2.75) is 0 Å². The van der Waals surface area contributed by atoms with Crippen LogP contribution < -0.4 is 10.1 Å². The Morgan fingerprint density at radius 3 is 2.69 bits per heavy atom. The van der Waals surface area contributed by atoms with Gasteiger partial charge in [0.2, 0.25) is 0 Å². The molecule has 5 nitrogen and oxygen atoms in total. The van der Waals surface area contributed by atoms with Crippen molar-refractivity contribution in [3.8, 4) is 17.0 Å². The predicted molar refractivity (Wildman–Crippen MR) is 99.0 cm³/mol. The largest absolute Gasteiger partial charge is 0.484 e. The Morgan fingerprint density at radius 1 is 1.15 bits per heavy atom. The molecule has 130 valence electrons. The van der Waals surface area contributed by atoms with Gasteiger partial charge in [0.1, 0.15) is 23.1 Å². The first-order valence-electron chi connectivity index (χ1n) is 7.90. The summed E-state index contributed by atoms with van der Waals surface area (Å²) in [5.74, 6) is 0.534. The van der Waals surface area contributed by atoms with Crippen LogP contribution in [0.4, 0.5) is 10.2 Å². The number of amides is 1. The van der Waals surface area contributed by atoms with Gasteiger partial charge in [0, 0.05) is 17.1 Å². The molecule has 0 aliphatic rings. The minimum atomic E-state index is -0.323. The SMILES string of the molecule is O=C(COc1ccccc1)Nc1c(-c2ccc(F)cc2)nc2sccn12. The van der Waals surface area contributed by atoms with Crippen molar-refractivity contribution in [1.82, 2.24) is 9.38 Å². The highest BCUT2D eigenvalue weighted by atomic mass is 32.1. The van der Waals surface area contributed by atoms with Crippen LogP contribution in [0.25, 0.3) is 16.2 Å². The van der Waals surface area contributed by atoms with Crippen LogP contribution in [0, 0.1) is 5.82 Å². The first kappa shape index (κ1) is 16.3. The van der Waals surface area contributed by atoms with E-state index in [1.807, 2.05) is 29.8 Å². The standard InChI is InChI=1S/C19H14FN3O2S/c20-14-8-6-13(7-9-14)17-18(23-10-11-26-19(23)22-17)21-16(24)12-25-15-4-2-1-3-5-15/h1-11H,12H2,(H,21,24). The molecule has 0 atom stereocenters. The van der Waals surface area contributed by atoms with Crippen molar-refractivity contribution in [2.24, 2.45) is 0 Å². The van der Waals surface area contributed by atoms with E-state index in [-0.39, 0.29) is 18.3 Å². The van der Waals surface area contributed by atoms with Gasteiger partial charge in [0.05, 0.1) is 0 Å². The minimum Gasteiger partial charge on any atom is -0.484 e. The quantitative estimate of drug-likeness (QED) is 0.575. The molecule has 7 heteroatoms. The number of benzene rings is 2. The summed E-state index contributed by atoms with van der Waals surface area (Å²) >= 11 is 1.45. The topological polar surface area (TPSA) is 55.6 Å². The molecular weight excluding hydrogens is 353 g/mol. The maximum atomic E-state index is 13.2. The van der Waals surface area contributed by atoms with E-state index in [4.69, 9.17) is 4.74 Å². The molecule has 2 aromatic heterocycles. The molecule has 0 saturated heterocycles. The van der Waals surface area contributed by atoms with Crippen LogP contribution in [0.5, 0.6) is 5.75 Å². The van der Waals surface area contributed by atoms with Gasteiger partial charge in [-0.15, -0.1) is 11.3 Å². The van der Waals surface area contributed by atoms with Crippen molar-refractivity contribution in [2.75, 3.05) is 11.9 Å². The molecule has 0 aliphatic heterocycles. The van der Waals surface area contributed by atoms with E-state index in [1.54, 1.807) is 28.7 Å². The molecule has 2 heterocycles. The number of hydrogen-bond acceptors (Lipinski definition) is 4. The first-order valence-corrected chi connectivity index (χ1v) is 8.78. The smallest absolute Gasteiger partial charge is 0.263 e. The summed E-state index contributed by atoms with van der Waals surface area (Å²) in [5, 5.41) is 4.73. The molecule has 1 amide bonds. The number of ether oxygens (including phenoxy) is 1. The first-order chi connectivity index (χ1) is 12.7. The van der Waals surface area contributed by atoms with Crippen molar-refractivity contribution >= 4 is 28.0 Å². The van der Waals surface area contributed by atoms with Crippen LogP contribution in [0.3, 0.4) is 0 Å². The summed E-state index contributed by atoms with van der Waals surface area (Å²) in [4.78, 5) is 17.6. The third-order valence-corrected chi connectivity index (χ3v) is 4.51. The van der Waals surface area contributed by atoms with Crippen LogP contribution >= 0.6 is 11.3 Å². The summed E-state index contributed by atoms with van der Waals surface area (Å²) in [5.41, 5.74) is 1.31. The predicted octanol–water partition coefficient (Wildman–Crippen LogP) is 4.22. The summed E-state index contributed by atoms with van der Waals surface area (Å²) in [7, 11) is 0. The summed E-state index contributed by atoms with van der Waals surface area (Å²) in [6, 6.07) is 15.1. The second kappa shape index (κ2) is 6.97. The van der Waals surface area contributed by atoms with Crippen LogP contribution in [-0.4, -0.2) is 21.9 Å². The maximum absolute atomic E-state index is 13.2. The van der Waals surface area contributed by atoms with Crippen molar-refractivity contribution < 1.29 is 13.9 Å². The zero-order valence-corrected chi connectivity index (χ0v) is 14.4. The zero-order chi connectivity index (χ0) is 17.9. The van der Waals surface area contributed by atoms with Gasteiger partial charge < -0.3 is 10.1 Å². The summed E-state index contributed by atoms with van der Waals surface area (Å²) < 4.78 is 20.5. The van der Waals surface area contributed by atoms with Gasteiger partial charge >= 0.3 is 0 Å². The fourth-order valence-electron chi connectivity index (χ4n) is 2.55. The molecule has 4 rings (SSSR count). The number of para-hydroxylation sites is 1. The van der Waals surface area contributed by atoms with E-state index in [2.05, 4.69) is 10.3 Å². The molecule has 0 aliphatic carbocycles. The maximum Gasteiger partial charge on any atom is 0.263 e. The number of fused-ring (bicyclic) bond motifs is 1. The van der Waals surface area contributed by atoms with Crippen molar-refractivity contribution in [1.29, 1.82) is 0 Å². The number of hydrogen-bond donors (Lipinski definition) is 1. The highest BCUT2D eigenvalue weighted by Gasteiger charge is 2.17. The average Bonchev–Trinajstić information content (AvgIpc) is 3.24. The summed E-state index contributed by atoms with van der Waals surface area (Å²) in [6.45, 7) is -0.121. The van der Waals surface area contributed by atoms with Gasteiger partial charge in [-0.05, 0) is 36.4 Å². The van der Waals surface area contributed by atoms with Gasteiger partial charge in [-0.1, -0.05) is 18.2 Å². The molecule has 0 spiro atoms. The van der Waals surface area contributed by atoms with E-state index in [1.165, 1.54) is 23.5 Å². The van der Waals surface area contributed by atoms with Gasteiger partial charge in [-0.25, -0.2) is 9.37 Å². The number of rotatable bonds is 5. The molecule has 0 bridgehead atoms. The molecule has 26 heavy (non-hydrogen) atoms. The third-order valence-electron chi connectivity index (χ3n) is 3.75. The number of carbonyl (C=O) groups excluding carboxylic acids is 1. The van der Waals surface area contributed by atoms with Crippen molar-refractivity contribution in [3.05, 3.63) is 72.0 Å². The highest BCUT2D eigenvalue weighted by Crippen LogP contribution is 2.30. The van der Waals surface area contributed by atoms with Gasteiger partial charge in [-0.2, -0.15) is 0 Å². The lowest BCUT2D eigenvalue weighted by Gasteiger charge is -2.08. The van der Waals surface area contributed by atoms with Crippen molar-refractivity contribution in [3.63, 3.8) is 0 Å². The van der Waals surface area contributed by atoms with Gasteiger partial charge in [0.15, 0.2) is 11.6 Å². The van der Waals surface area contributed by atoms with Gasteiger partial charge in [-0.3, -0.25) is 9.20 Å². The van der Waals surface area contributed by atoms with E-state index in [0.29, 0.717) is 17.3 Å². The Hall–Kier alpha value is -3.19. The number of imidazole rings is 1. The van der Waals surface area contributed by atoms with Gasteiger partial charge in [0.25, 0.3) is 5.91 Å². The number of nitrogens with zero attached hydrogens (tertiary/aromatic N) is 2. The Bertz CT molecular complexity index is 1040. The average molecular weight is 367 g/mol. The molecule has 0 fully saturated rings. The van der Waals surface area contributed by atoms with Crippen LogP contribution in [0.2, 0.25) is 0 Å². The van der Waals surface area contributed by atoms with E-state index in [9.17, 15) is 9.18 Å². The number of anilines is 1. The molecule has 0 saturated carbocycles. The number of nitrogens with one attached hydrogen (secondary N) is 1. The molecule has 4 aromatic rings. The second-order valence-corrected chi connectivity index (χ2v) is 6.39. The third kappa shape index (κ3) is 3.29. The number of thiazole rings is 1. The Balaban J connectivity index is 1.58. The normalized spacial score (nSPS) is 10.8. The lowest BCUT2D eigenvalue weighted by Crippen LogP contribution is -2.21. The molecule has 0 radical (unpaired) electrons. The molecule has 0 unspecified atom stereocenters. The summed E-state index contributed by atoms with van der Waals surface area (Å²) in [6.07, 6.45) is 1.83. The molecule has 1 N–H and O–H groups in total. The van der Waals surface area contributed by atoms with E-state index in [0.717, 1.165) is 10.5 Å². The van der Waals surface area contributed by atoms with Crippen LogP contribution in [0.15, 0.2) is 66.2 Å². The van der Waals surface area contributed by atoms with E-state index < -0.39 is 0 Å². The Labute approximate surface area is 152 Å². The van der Waals surface area contributed by atoms with Crippen LogP contribution in [-0.2, 0) is 4.79 Å². The molecule has 2 aromatic carbocycles. The monoisotopic (exact) mass is 367 g/mol. The lowest BCUT2D eigenvalue weighted by atomic mass is 10.1. The fourth-order valence-corrected chi connectivity index (χ4v) is 3.26. The second-order valence-electron chi connectivity index (χ2n) is 5.52. The van der Waals surface area contributed by atoms with Crippen LogP contribution in [0.1, 0.15) is 0 Å². The zero-order valence-electron chi connectivity index (χ0n) is 13.6. The lowest BCUT2D eigenvalue weighted by molar-refractivity contribution is -0.118. The molecular formula is C19H14FN3O2S. The number of carbonyl (C=O) groups is 1. The number of aromatic nitrogens is 2. The minimum absolute atomic E-state index is 0.121.